The molecular weight excluding hydrogens is 313 g/mol. The van der Waals surface area contributed by atoms with Gasteiger partial charge in [-0.05, 0) is 35.4 Å². The quantitative estimate of drug-likeness (QED) is 0.849. The second-order valence-corrected chi connectivity index (χ2v) is 5.50. The summed E-state index contributed by atoms with van der Waals surface area (Å²) in [6.07, 6.45) is -0.00745. The minimum Gasteiger partial charge on any atom is -0.493 e. The van der Waals surface area contributed by atoms with E-state index in [1.807, 2.05) is 12.1 Å². The molecule has 1 aliphatic rings. The zero-order valence-corrected chi connectivity index (χ0v) is 13.0. The van der Waals surface area contributed by atoms with Crippen LogP contribution in [0.3, 0.4) is 0 Å². The molecule has 0 aromatic heterocycles. The molecule has 0 radical (unpaired) electrons. The van der Waals surface area contributed by atoms with E-state index in [4.69, 9.17) is 9.47 Å². The Morgan fingerprint density at radius 2 is 2.17 bits per heavy atom. The number of carbonyl (C=O) groups is 1. The van der Waals surface area contributed by atoms with Crippen molar-refractivity contribution in [1.29, 1.82) is 0 Å². The zero-order valence-electron chi connectivity index (χ0n) is 13.0. The van der Waals surface area contributed by atoms with Crippen molar-refractivity contribution in [2.45, 2.75) is 12.5 Å². The number of carbonyl (C=O) groups excluding carboxylic acids is 1. The molecule has 0 saturated heterocycles. The highest BCUT2D eigenvalue weighted by Gasteiger charge is 2.16. The Morgan fingerprint density at radius 3 is 3.00 bits per heavy atom. The van der Waals surface area contributed by atoms with Crippen molar-refractivity contribution in [3.05, 3.63) is 59.4 Å². The van der Waals surface area contributed by atoms with Gasteiger partial charge < -0.3 is 19.9 Å². The van der Waals surface area contributed by atoms with Gasteiger partial charge in [-0.1, -0.05) is 18.2 Å². The van der Waals surface area contributed by atoms with Crippen LogP contribution in [0, 0.1) is 5.82 Å². The Hall–Kier alpha value is -2.60. The maximum Gasteiger partial charge on any atom is 0.258 e. The van der Waals surface area contributed by atoms with Gasteiger partial charge in [-0.25, -0.2) is 4.39 Å². The lowest BCUT2D eigenvalue weighted by atomic mass is 10.0. The third kappa shape index (κ3) is 3.83. The van der Waals surface area contributed by atoms with Crippen LogP contribution in [-0.2, 0) is 11.2 Å². The number of ether oxygens (including phenoxy) is 2. The summed E-state index contributed by atoms with van der Waals surface area (Å²) in [5, 5.41) is 12.7. The van der Waals surface area contributed by atoms with Crippen molar-refractivity contribution in [2.24, 2.45) is 0 Å². The van der Waals surface area contributed by atoms with Crippen molar-refractivity contribution in [3.63, 3.8) is 0 Å². The van der Waals surface area contributed by atoms with Gasteiger partial charge in [0.05, 0.1) is 12.7 Å². The van der Waals surface area contributed by atoms with Crippen LogP contribution >= 0.6 is 0 Å². The first-order valence-electron chi connectivity index (χ1n) is 7.71. The zero-order chi connectivity index (χ0) is 16.9. The molecule has 1 atom stereocenters. The summed E-state index contributed by atoms with van der Waals surface area (Å²) in [7, 11) is 0. The molecule has 3 rings (SSSR count). The summed E-state index contributed by atoms with van der Waals surface area (Å²) in [6, 6.07) is 11.4. The highest BCUT2D eigenvalue weighted by molar-refractivity contribution is 5.77. The van der Waals surface area contributed by atoms with Crippen molar-refractivity contribution in [1.82, 2.24) is 5.32 Å². The van der Waals surface area contributed by atoms with E-state index >= 15 is 0 Å². The van der Waals surface area contributed by atoms with Crippen molar-refractivity contribution >= 4 is 5.91 Å². The number of nitrogens with one attached hydrogen (secondary N) is 1. The van der Waals surface area contributed by atoms with Gasteiger partial charge in [-0.15, -0.1) is 0 Å². The van der Waals surface area contributed by atoms with E-state index in [1.54, 1.807) is 18.2 Å². The average molecular weight is 331 g/mol. The topological polar surface area (TPSA) is 67.8 Å². The van der Waals surface area contributed by atoms with E-state index in [1.165, 1.54) is 12.1 Å². The molecule has 2 aromatic carbocycles. The number of amides is 1. The summed E-state index contributed by atoms with van der Waals surface area (Å²) >= 11 is 0. The molecule has 0 spiro atoms. The van der Waals surface area contributed by atoms with Crippen LogP contribution in [0.25, 0.3) is 0 Å². The van der Waals surface area contributed by atoms with Gasteiger partial charge in [-0.2, -0.15) is 0 Å². The summed E-state index contributed by atoms with van der Waals surface area (Å²) < 4.78 is 23.9. The molecule has 0 saturated carbocycles. The normalized spacial score (nSPS) is 13.8. The van der Waals surface area contributed by atoms with Gasteiger partial charge in [0.15, 0.2) is 18.2 Å². The lowest BCUT2D eigenvalue weighted by Gasteiger charge is -2.13. The minimum atomic E-state index is -0.826. The Morgan fingerprint density at radius 1 is 1.33 bits per heavy atom. The molecule has 0 bridgehead atoms. The summed E-state index contributed by atoms with van der Waals surface area (Å²) in [5.41, 5.74) is 1.77. The molecule has 6 heteroatoms. The number of rotatable bonds is 6. The molecular formula is C18H18FNO4. The summed E-state index contributed by atoms with van der Waals surface area (Å²) in [4.78, 5) is 11.8. The van der Waals surface area contributed by atoms with Crippen LogP contribution in [-0.4, -0.2) is 30.8 Å². The monoisotopic (exact) mass is 331 g/mol. The van der Waals surface area contributed by atoms with Crippen molar-refractivity contribution in [3.8, 4) is 11.5 Å². The first-order valence-corrected chi connectivity index (χ1v) is 7.71. The molecule has 1 unspecified atom stereocenters. The number of aliphatic hydroxyl groups excluding tert-OH is 1. The largest absolute Gasteiger partial charge is 0.493 e. The standard InChI is InChI=1S/C18H18FNO4/c19-14-3-1-2-4-17(14)24-11-18(22)20-10-15(21)12-5-6-16-13(9-12)7-8-23-16/h1-6,9,15,21H,7-8,10-11H2,(H,20,22). The van der Waals surface area contributed by atoms with Crippen LogP contribution in [0.15, 0.2) is 42.5 Å². The number of hydrogen-bond acceptors (Lipinski definition) is 4. The van der Waals surface area contributed by atoms with Crippen LogP contribution in [0.2, 0.25) is 0 Å². The second kappa shape index (κ2) is 7.31. The third-order valence-corrected chi connectivity index (χ3v) is 3.79. The maximum absolute atomic E-state index is 13.4. The molecule has 24 heavy (non-hydrogen) atoms. The van der Waals surface area contributed by atoms with E-state index in [-0.39, 0.29) is 18.9 Å². The predicted molar refractivity (Wildman–Crippen MR) is 85.5 cm³/mol. The number of halogens is 1. The highest BCUT2D eigenvalue weighted by atomic mass is 19.1. The molecule has 0 fully saturated rings. The third-order valence-electron chi connectivity index (χ3n) is 3.79. The second-order valence-electron chi connectivity index (χ2n) is 5.50. The number of para-hydroxylation sites is 1. The summed E-state index contributed by atoms with van der Waals surface area (Å²) in [5.74, 6) is -0.0902. The number of hydrogen-bond donors (Lipinski definition) is 2. The Bertz CT molecular complexity index is 735. The molecule has 5 nitrogen and oxygen atoms in total. The van der Waals surface area contributed by atoms with E-state index < -0.39 is 17.8 Å². The van der Waals surface area contributed by atoms with Gasteiger partial charge in [0.2, 0.25) is 0 Å². The van der Waals surface area contributed by atoms with Crippen LogP contribution in [0.4, 0.5) is 4.39 Å². The van der Waals surface area contributed by atoms with E-state index in [2.05, 4.69) is 5.32 Å². The van der Waals surface area contributed by atoms with Gasteiger partial charge in [0.1, 0.15) is 5.75 Å². The molecule has 2 aromatic rings. The predicted octanol–water partition coefficient (Wildman–Crippen LogP) is 1.99. The fourth-order valence-electron chi connectivity index (χ4n) is 2.50. The molecule has 1 heterocycles. The molecule has 0 aliphatic carbocycles. The number of aliphatic hydroxyl groups is 1. The van der Waals surface area contributed by atoms with Crippen LogP contribution in [0.1, 0.15) is 17.2 Å². The van der Waals surface area contributed by atoms with Crippen LogP contribution < -0.4 is 14.8 Å². The maximum atomic E-state index is 13.4. The minimum absolute atomic E-state index is 0.0202. The van der Waals surface area contributed by atoms with Crippen molar-refractivity contribution in [2.75, 3.05) is 19.8 Å². The SMILES string of the molecule is O=C(COc1ccccc1F)NCC(O)c1ccc2c(c1)CCO2. The molecule has 1 amide bonds. The highest BCUT2D eigenvalue weighted by Crippen LogP contribution is 2.28. The summed E-state index contributed by atoms with van der Waals surface area (Å²) in [6.45, 7) is 0.393. The van der Waals surface area contributed by atoms with Crippen LogP contribution in [0.5, 0.6) is 11.5 Å². The van der Waals surface area contributed by atoms with E-state index in [9.17, 15) is 14.3 Å². The lowest BCUT2D eigenvalue weighted by molar-refractivity contribution is -0.123. The van der Waals surface area contributed by atoms with E-state index in [0.29, 0.717) is 6.61 Å². The van der Waals surface area contributed by atoms with E-state index in [0.717, 1.165) is 23.3 Å². The Balaban J connectivity index is 1.48. The Kier molecular flexibility index (Phi) is 4.96. The molecule has 2 N–H and O–H groups in total. The molecule has 126 valence electrons. The Labute approximate surface area is 139 Å². The van der Waals surface area contributed by atoms with Crippen molar-refractivity contribution < 1.29 is 23.8 Å². The first-order chi connectivity index (χ1) is 11.6. The average Bonchev–Trinajstić information content (AvgIpc) is 3.06. The smallest absolute Gasteiger partial charge is 0.258 e. The molecule has 1 aliphatic heterocycles. The van der Waals surface area contributed by atoms with Gasteiger partial charge in [0.25, 0.3) is 5.91 Å². The number of fused-ring (bicyclic) bond motifs is 1. The van der Waals surface area contributed by atoms with Gasteiger partial charge >= 0.3 is 0 Å². The van der Waals surface area contributed by atoms with Gasteiger partial charge in [-0.3, -0.25) is 4.79 Å². The first kappa shape index (κ1) is 16.3. The van der Waals surface area contributed by atoms with Gasteiger partial charge in [0, 0.05) is 13.0 Å². The fraction of sp³-hybridized carbons (Fsp3) is 0.278. The number of benzene rings is 2. The lowest BCUT2D eigenvalue weighted by Crippen LogP contribution is -2.32. The fourth-order valence-corrected chi connectivity index (χ4v) is 2.50.